The van der Waals surface area contributed by atoms with Crippen molar-refractivity contribution in [3.63, 3.8) is 0 Å². The van der Waals surface area contributed by atoms with Crippen molar-refractivity contribution in [2.24, 2.45) is 0 Å². The van der Waals surface area contributed by atoms with Gasteiger partial charge in [-0.3, -0.25) is 0 Å². The fourth-order valence-electron chi connectivity index (χ4n) is 1.42. The van der Waals surface area contributed by atoms with E-state index in [1.165, 1.54) is 12.1 Å². The molecule has 2 heteroatoms. The van der Waals surface area contributed by atoms with E-state index in [9.17, 15) is 9.50 Å². The maximum atomic E-state index is 12.8. The lowest BCUT2D eigenvalue weighted by Crippen LogP contribution is -2.20. The van der Waals surface area contributed by atoms with Crippen molar-refractivity contribution < 1.29 is 9.50 Å². The summed E-state index contributed by atoms with van der Waals surface area (Å²) in [5.74, 6) is -0.256. The van der Waals surface area contributed by atoms with Gasteiger partial charge < -0.3 is 5.11 Å². The number of aliphatic hydroxyl groups is 1. The fourth-order valence-corrected chi connectivity index (χ4v) is 1.42. The van der Waals surface area contributed by atoms with Gasteiger partial charge in [0.25, 0.3) is 0 Å². The molecule has 1 aromatic carbocycles. The first kappa shape index (κ1) is 10.2. The maximum Gasteiger partial charge on any atom is 0.123 e. The Hall–Kier alpha value is -0.890. The van der Waals surface area contributed by atoms with Gasteiger partial charge in [-0.25, -0.2) is 4.39 Å². The Bertz CT molecular complexity index is 305. The van der Waals surface area contributed by atoms with Crippen LogP contribution >= 0.6 is 0 Å². The van der Waals surface area contributed by atoms with Gasteiger partial charge in [-0.05, 0) is 43.5 Å². The van der Waals surface area contributed by atoms with Crippen molar-refractivity contribution in [3.05, 3.63) is 35.1 Å². The van der Waals surface area contributed by atoms with Gasteiger partial charge >= 0.3 is 0 Å². The minimum Gasteiger partial charge on any atom is -0.385 e. The zero-order valence-electron chi connectivity index (χ0n) is 8.26. The molecular formula is C11H15FO. The summed E-state index contributed by atoms with van der Waals surface area (Å²) in [4.78, 5) is 0. The lowest BCUT2D eigenvalue weighted by Gasteiger charge is -2.23. The molecule has 0 radical (unpaired) electrons. The first-order chi connectivity index (χ1) is 5.97. The second kappa shape index (κ2) is 3.46. The molecule has 0 aliphatic heterocycles. The third-order valence-corrected chi connectivity index (χ3v) is 2.46. The standard InChI is InChI=1S/C11H15FO/c1-4-11(3,13)10-6-5-9(12)7-8(10)2/h5-7,13H,4H2,1-3H3/t11-/m1/s1. The Balaban J connectivity index is 3.16. The number of aryl methyl sites for hydroxylation is 1. The van der Waals surface area contributed by atoms with Crippen LogP contribution in [0.1, 0.15) is 31.4 Å². The molecule has 0 fully saturated rings. The molecule has 1 atom stereocenters. The van der Waals surface area contributed by atoms with Gasteiger partial charge in [0.05, 0.1) is 5.60 Å². The lowest BCUT2D eigenvalue weighted by atomic mass is 9.90. The Morgan fingerprint density at radius 1 is 1.46 bits per heavy atom. The predicted molar refractivity (Wildman–Crippen MR) is 51.0 cm³/mol. The molecule has 0 saturated carbocycles. The second-order valence-corrected chi connectivity index (χ2v) is 3.59. The Labute approximate surface area is 78.2 Å². The van der Waals surface area contributed by atoms with E-state index in [2.05, 4.69) is 0 Å². The van der Waals surface area contributed by atoms with Crippen LogP contribution < -0.4 is 0 Å². The van der Waals surface area contributed by atoms with Gasteiger partial charge in [-0.15, -0.1) is 0 Å². The van der Waals surface area contributed by atoms with E-state index in [0.717, 1.165) is 11.1 Å². The van der Waals surface area contributed by atoms with Crippen LogP contribution in [0.5, 0.6) is 0 Å². The van der Waals surface area contributed by atoms with Crippen molar-refractivity contribution in [2.75, 3.05) is 0 Å². The van der Waals surface area contributed by atoms with Crippen molar-refractivity contribution >= 4 is 0 Å². The molecule has 13 heavy (non-hydrogen) atoms. The van der Waals surface area contributed by atoms with Crippen LogP contribution in [0.15, 0.2) is 18.2 Å². The predicted octanol–water partition coefficient (Wildman–Crippen LogP) is 2.75. The molecule has 72 valence electrons. The van der Waals surface area contributed by atoms with E-state index in [4.69, 9.17) is 0 Å². The maximum absolute atomic E-state index is 12.8. The molecular weight excluding hydrogens is 167 g/mol. The van der Waals surface area contributed by atoms with Crippen LogP contribution in [0.25, 0.3) is 0 Å². The van der Waals surface area contributed by atoms with Crippen LogP contribution in [0.2, 0.25) is 0 Å². The number of halogens is 1. The van der Waals surface area contributed by atoms with Crippen molar-refractivity contribution in [3.8, 4) is 0 Å². The molecule has 0 heterocycles. The van der Waals surface area contributed by atoms with Crippen LogP contribution in [0, 0.1) is 12.7 Å². The normalized spacial score (nSPS) is 15.5. The monoisotopic (exact) mass is 182 g/mol. The van der Waals surface area contributed by atoms with Gasteiger partial charge in [-0.1, -0.05) is 13.0 Å². The fraction of sp³-hybridized carbons (Fsp3) is 0.455. The van der Waals surface area contributed by atoms with Gasteiger partial charge in [0.2, 0.25) is 0 Å². The highest BCUT2D eigenvalue weighted by atomic mass is 19.1. The summed E-state index contributed by atoms with van der Waals surface area (Å²) in [6.45, 7) is 5.46. The highest BCUT2D eigenvalue weighted by Crippen LogP contribution is 2.27. The highest BCUT2D eigenvalue weighted by Gasteiger charge is 2.22. The van der Waals surface area contributed by atoms with Crippen LogP contribution in [0.3, 0.4) is 0 Å². The minimum atomic E-state index is -0.849. The molecule has 1 nitrogen and oxygen atoms in total. The summed E-state index contributed by atoms with van der Waals surface area (Å²) in [7, 11) is 0. The summed E-state index contributed by atoms with van der Waals surface area (Å²) in [6, 6.07) is 4.47. The van der Waals surface area contributed by atoms with E-state index in [1.54, 1.807) is 13.0 Å². The Morgan fingerprint density at radius 2 is 2.08 bits per heavy atom. The number of benzene rings is 1. The average molecular weight is 182 g/mol. The minimum absolute atomic E-state index is 0.256. The zero-order chi connectivity index (χ0) is 10.1. The van der Waals surface area contributed by atoms with Gasteiger partial charge in [0.1, 0.15) is 5.82 Å². The van der Waals surface area contributed by atoms with Gasteiger partial charge in [-0.2, -0.15) is 0 Å². The summed E-state index contributed by atoms with van der Waals surface area (Å²) in [5.41, 5.74) is 0.751. The smallest absolute Gasteiger partial charge is 0.123 e. The summed E-state index contributed by atoms with van der Waals surface area (Å²) < 4.78 is 12.8. The molecule has 0 aliphatic carbocycles. The molecule has 0 unspecified atom stereocenters. The van der Waals surface area contributed by atoms with Crippen LogP contribution in [0.4, 0.5) is 4.39 Å². The van der Waals surface area contributed by atoms with Crippen molar-refractivity contribution in [1.29, 1.82) is 0 Å². The van der Waals surface area contributed by atoms with E-state index in [0.29, 0.717) is 6.42 Å². The quantitative estimate of drug-likeness (QED) is 0.745. The van der Waals surface area contributed by atoms with Crippen molar-refractivity contribution in [2.45, 2.75) is 32.8 Å². The van der Waals surface area contributed by atoms with E-state index < -0.39 is 5.60 Å². The van der Waals surface area contributed by atoms with Crippen LogP contribution in [-0.2, 0) is 5.60 Å². The largest absolute Gasteiger partial charge is 0.385 e. The summed E-state index contributed by atoms with van der Waals surface area (Å²) in [6.07, 6.45) is 0.624. The third kappa shape index (κ3) is 2.07. The van der Waals surface area contributed by atoms with Gasteiger partial charge in [0, 0.05) is 0 Å². The molecule has 1 N–H and O–H groups in total. The lowest BCUT2D eigenvalue weighted by molar-refractivity contribution is 0.0524. The summed E-state index contributed by atoms with van der Waals surface area (Å²) in [5, 5.41) is 9.94. The first-order valence-corrected chi connectivity index (χ1v) is 4.46. The number of hydrogen-bond donors (Lipinski definition) is 1. The molecule has 0 aliphatic rings. The third-order valence-electron chi connectivity index (χ3n) is 2.46. The molecule has 0 aromatic heterocycles. The van der Waals surface area contributed by atoms with Crippen LogP contribution in [-0.4, -0.2) is 5.11 Å². The van der Waals surface area contributed by atoms with Gasteiger partial charge in [0.15, 0.2) is 0 Å². The topological polar surface area (TPSA) is 20.2 Å². The molecule has 1 aromatic rings. The summed E-state index contributed by atoms with van der Waals surface area (Å²) >= 11 is 0. The van der Waals surface area contributed by atoms with E-state index in [1.807, 2.05) is 13.8 Å². The SMILES string of the molecule is CC[C@@](C)(O)c1ccc(F)cc1C. The number of hydrogen-bond acceptors (Lipinski definition) is 1. The molecule has 1 rings (SSSR count). The van der Waals surface area contributed by atoms with E-state index in [-0.39, 0.29) is 5.82 Å². The van der Waals surface area contributed by atoms with Crippen molar-refractivity contribution in [1.82, 2.24) is 0 Å². The molecule has 0 spiro atoms. The highest BCUT2D eigenvalue weighted by molar-refractivity contribution is 5.31. The molecule has 0 bridgehead atoms. The first-order valence-electron chi connectivity index (χ1n) is 4.46. The molecule has 0 saturated heterocycles. The Morgan fingerprint density at radius 3 is 2.54 bits per heavy atom. The zero-order valence-corrected chi connectivity index (χ0v) is 8.26. The average Bonchev–Trinajstić information content (AvgIpc) is 2.03. The van der Waals surface area contributed by atoms with E-state index >= 15 is 0 Å². The number of rotatable bonds is 2. The Kier molecular flexibility index (Phi) is 2.71. The second-order valence-electron chi connectivity index (χ2n) is 3.59. The molecule has 0 amide bonds.